The van der Waals surface area contributed by atoms with Crippen LogP contribution in [0.3, 0.4) is 0 Å². The second-order valence-electron chi connectivity index (χ2n) is 8.64. The van der Waals surface area contributed by atoms with Crippen LogP contribution in [0, 0.1) is 5.82 Å². The predicted molar refractivity (Wildman–Crippen MR) is 121 cm³/mol. The second-order valence-corrected chi connectivity index (χ2v) is 8.64. The highest BCUT2D eigenvalue weighted by atomic mass is 19.1. The first kappa shape index (κ1) is 20.5. The van der Waals surface area contributed by atoms with Crippen LogP contribution in [0.5, 0.6) is 0 Å². The van der Waals surface area contributed by atoms with Crippen LogP contribution in [0.15, 0.2) is 48.9 Å². The Bertz CT molecular complexity index is 1310. The molecule has 3 aromatic rings. The number of hydrogen-bond acceptors (Lipinski definition) is 7. The Morgan fingerprint density at radius 2 is 1.94 bits per heavy atom. The summed E-state index contributed by atoms with van der Waals surface area (Å²) in [5, 5.41) is 2.66. The lowest BCUT2D eigenvalue weighted by atomic mass is 9.83. The summed E-state index contributed by atoms with van der Waals surface area (Å²) < 4.78 is 19.3. The molecule has 9 nitrogen and oxygen atoms in total. The van der Waals surface area contributed by atoms with Gasteiger partial charge in [-0.3, -0.25) is 10.1 Å². The minimum absolute atomic E-state index is 0.241. The molecule has 1 N–H and O–H groups in total. The second kappa shape index (κ2) is 7.75. The smallest absolute Gasteiger partial charge is 0.413 e. The molecule has 5 heterocycles. The number of aromatic nitrogens is 3. The number of carbonyl (C=O) groups excluding carboxylic acids is 2. The zero-order valence-electron chi connectivity index (χ0n) is 18.2. The van der Waals surface area contributed by atoms with Gasteiger partial charge in [-0.15, -0.1) is 0 Å². The molecule has 2 amide bonds. The van der Waals surface area contributed by atoms with Crippen LogP contribution in [0.2, 0.25) is 0 Å². The highest BCUT2D eigenvalue weighted by Crippen LogP contribution is 2.43. The van der Waals surface area contributed by atoms with E-state index in [1.807, 2.05) is 12.1 Å². The number of pyridine rings is 1. The number of nitrogens with zero attached hydrogens (tertiary/aromatic N) is 5. The normalized spacial score (nSPS) is 18.2. The van der Waals surface area contributed by atoms with Crippen LogP contribution in [-0.2, 0) is 16.8 Å². The van der Waals surface area contributed by atoms with Crippen molar-refractivity contribution in [2.75, 3.05) is 34.8 Å². The maximum absolute atomic E-state index is 13.5. The largest absolute Gasteiger partial charge is 0.437 e. The molecule has 1 spiro atoms. The maximum atomic E-state index is 13.5. The minimum Gasteiger partial charge on any atom is -0.437 e. The fraction of sp³-hybridized carbons (Fsp3) is 0.292. The molecule has 10 heteroatoms. The Morgan fingerprint density at radius 1 is 1.09 bits per heavy atom. The molecule has 0 unspecified atom stereocenters. The predicted octanol–water partition coefficient (Wildman–Crippen LogP) is 3.27. The van der Waals surface area contributed by atoms with Gasteiger partial charge < -0.3 is 14.5 Å². The van der Waals surface area contributed by atoms with Gasteiger partial charge in [0.05, 0.1) is 0 Å². The molecule has 3 aliphatic rings. The number of carbonyl (C=O) groups is 2. The first-order valence-corrected chi connectivity index (χ1v) is 11.2. The van der Waals surface area contributed by atoms with Crippen LogP contribution in [-0.4, -0.2) is 46.6 Å². The van der Waals surface area contributed by atoms with Gasteiger partial charge in [-0.1, -0.05) is 0 Å². The summed E-state index contributed by atoms with van der Waals surface area (Å²) in [6.45, 7) is 1.65. The van der Waals surface area contributed by atoms with Gasteiger partial charge in [0.25, 0.3) is 5.91 Å². The van der Waals surface area contributed by atoms with E-state index in [0.29, 0.717) is 56.2 Å². The number of amides is 2. The Kier molecular flexibility index (Phi) is 4.68. The number of nitrogens with one attached hydrogen (secondary N) is 1. The third-order valence-corrected chi connectivity index (χ3v) is 6.76. The van der Waals surface area contributed by atoms with Crippen LogP contribution in [0.1, 0.15) is 34.5 Å². The number of halogens is 1. The van der Waals surface area contributed by atoms with E-state index in [2.05, 4.69) is 25.2 Å². The lowest BCUT2D eigenvalue weighted by Crippen LogP contribution is -2.48. The van der Waals surface area contributed by atoms with Gasteiger partial charge in [-0.25, -0.2) is 24.1 Å². The average molecular weight is 460 g/mol. The number of anilines is 3. The van der Waals surface area contributed by atoms with E-state index in [-0.39, 0.29) is 17.4 Å². The Morgan fingerprint density at radius 3 is 2.79 bits per heavy atom. The standard InChI is InChI=1S/C24H21FN6O3/c25-16-3-4-19-15(12-16)5-9-31(19)22(32)18-13-20(28-14-27-18)30-10-6-24(7-11-30)17-2-1-8-26-21(17)29-23(33)34-24/h1-4,8,12-14H,5-7,9-11H2,(H,26,29,33). The van der Waals surface area contributed by atoms with Crippen molar-refractivity contribution in [1.82, 2.24) is 15.0 Å². The molecular weight excluding hydrogens is 439 g/mol. The molecule has 34 heavy (non-hydrogen) atoms. The zero-order valence-corrected chi connectivity index (χ0v) is 18.2. The fourth-order valence-corrected chi connectivity index (χ4v) is 5.05. The van der Waals surface area contributed by atoms with E-state index < -0.39 is 11.7 Å². The van der Waals surface area contributed by atoms with Gasteiger partial charge in [0.1, 0.15) is 35.1 Å². The lowest BCUT2D eigenvalue weighted by molar-refractivity contribution is -0.00854. The lowest BCUT2D eigenvalue weighted by Gasteiger charge is -2.44. The molecule has 0 radical (unpaired) electrons. The number of ether oxygens (including phenoxy) is 1. The molecular formula is C24H21FN6O3. The monoisotopic (exact) mass is 460 g/mol. The average Bonchev–Trinajstić information content (AvgIpc) is 3.27. The Balaban J connectivity index is 1.21. The van der Waals surface area contributed by atoms with Gasteiger partial charge in [0, 0.05) is 56.0 Å². The first-order valence-electron chi connectivity index (χ1n) is 11.2. The van der Waals surface area contributed by atoms with E-state index in [0.717, 1.165) is 11.1 Å². The SMILES string of the molecule is O=C1Nc2ncccc2C2(CCN(c3cc(C(=O)N4CCc5cc(F)ccc54)ncn3)CC2)O1. The van der Waals surface area contributed by atoms with Gasteiger partial charge in [-0.2, -0.15) is 0 Å². The first-order chi connectivity index (χ1) is 16.5. The summed E-state index contributed by atoms with van der Waals surface area (Å²) in [6, 6.07) is 9.92. The van der Waals surface area contributed by atoms with Crippen LogP contribution in [0.4, 0.5) is 26.5 Å². The summed E-state index contributed by atoms with van der Waals surface area (Å²) >= 11 is 0. The van der Waals surface area contributed by atoms with Gasteiger partial charge in [0.2, 0.25) is 0 Å². The topological polar surface area (TPSA) is 101 Å². The molecule has 1 fully saturated rings. The summed E-state index contributed by atoms with van der Waals surface area (Å²) in [7, 11) is 0. The van der Waals surface area contributed by atoms with Gasteiger partial charge in [0.15, 0.2) is 0 Å². The number of rotatable bonds is 2. The van der Waals surface area contributed by atoms with E-state index in [1.165, 1.54) is 18.5 Å². The van der Waals surface area contributed by atoms with Crippen molar-refractivity contribution in [2.24, 2.45) is 0 Å². The number of benzene rings is 1. The molecule has 0 bridgehead atoms. The summed E-state index contributed by atoms with van der Waals surface area (Å²) in [5.74, 6) is 0.624. The fourth-order valence-electron chi connectivity index (χ4n) is 5.05. The molecule has 2 aromatic heterocycles. The van der Waals surface area contributed by atoms with Crippen molar-refractivity contribution in [3.63, 3.8) is 0 Å². The van der Waals surface area contributed by atoms with Crippen molar-refractivity contribution >= 4 is 29.3 Å². The highest BCUT2D eigenvalue weighted by Gasteiger charge is 2.45. The molecule has 172 valence electrons. The number of piperidine rings is 1. The summed E-state index contributed by atoms with van der Waals surface area (Å²) in [6.07, 6.45) is 4.27. The quantitative estimate of drug-likeness (QED) is 0.626. The Hall–Kier alpha value is -4.08. The van der Waals surface area contributed by atoms with Crippen molar-refractivity contribution in [1.29, 1.82) is 0 Å². The zero-order chi connectivity index (χ0) is 23.3. The molecule has 0 saturated carbocycles. The summed E-state index contributed by atoms with van der Waals surface area (Å²) in [4.78, 5) is 41.9. The van der Waals surface area contributed by atoms with E-state index in [9.17, 15) is 14.0 Å². The Labute approximate surface area is 194 Å². The number of fused-ring (bicyclic) bond motifs is 3. The molecule has 1 aromatic carbocycles. The van der Waals surface area contributed by atoms with E-state index >= 15 is 0 Å². The van der Waals surface area contributed by atoms with Crippen molar-refractivity contribution in [3.05, 3.63) is 71.6 Å². The molecule has 6 rings (SSSR count). The third-order valence-electron chi connectivity index (χ3n) is 6.76. The number of hydrogen-bond donors (Lipinski definition) is 1. The van der Waals surface area contributed by atoms with Crippen molar-refractivity contribution < 1.29 is 18.7 Å². The van der Waals surface area contributed by atoms with Crippen LogP contribution < -0.4 is 15.1 Å². The molecule has 0 aliphatic carbocycles. The van der Waals surface area contributed by atoms with E-state index in [4.69, 9.17) is 4.74 Å². The molecule has 1 saturated heterocycles. The van der Waals surface area contributed by atoms with Gasteiger partial charge in [-0.05, 0) is 42.3 Å². The van der Waals surface area contributed by atoms with E-state index in [1.54, 1.807) is 23.2 Å². The summed E-state index contributed by atoms with van der Waals surface area (Å²) in [5.41, 5.74) is 1.95. The van der Waals surface area contributed by atoms with Gasteiger partial charge >= 0.3 is 6.09 Å². The van der Waals surface area contributed by atoms with Crippen LogP contribution in [0.25, 0.3) is 0 Å². The molecule has 3 aliphatic heterocycles. The third kappa shape index (κ3) is 3.33. The maximum Gasteiger partial charge on any atom is 0.413 e. The van der Waals surface area contributed by atoms with Crippen molar-refractivity contribution in [3.8, 4) is 0 Å². The van der Waals surface area contributed by atoms with Crippen molar-refractivity contribution in [2.45, 2.75) is 24.9 Å². The van der Waals surface area contributed by atoms with Crippen LogP contribution >= 0.6 is 0 Å². The molecule has 0 atom stereocenters. The highest BCUT2D eigenvalue weighted by molar-refractivity contribution is 6.06. The minimum atomic E-state index is -0.733.